The van der Waals surface area contributed by atoms with Crippen LogP contribution >= 0.6 is 0 Å². The smallest absolute Gasteiger partial charge is 0.223 e. The van der Waals surface area contributed by atoms with Gasteiger partial charge in [-0.15, -0.1) is 6.58 Å². The molecule has 4 heteroatoms. The minimum Gasteiger partial charge on any atom is -0.381 e. The van der Waals surface area contributed by atoms with Crippen LogP contribution in [0.15, 0.2) is 12.7 Å². The number of carbonyl (C=O) groups excluding carboxylic acids is 1. The summed E-state index contributed by atoms with van der Waals surface area (Å²) >= 11 is 0. The lowest BCUT2D eigenvalue weighted by Crippen LogP contribution is -2.52. The SMILES string of the molecule is C=CCN1C(=O)CC[C@@H]2[C@H]1CCN2CC1CCOCC1. The molecule has 3 rings (SSSR count). The van der Waals surface area contributed by atoms with E-state index in [1.807, 2.05) is 6.08 Å². The number of likely N-dealkylation sites (tertiary alicyclic amines) is 2. The number of piperidine rings is 1. The molecule has 3 heterocycles. The van der Waals surface area contributed by atoms with Gasteiger partial charge in [0.15, 0.2) is 0 Å². The first kappa shape index (κ1) is 14.1. The Hall–Kier alpha value is -0.870. The van der Waals surface area contributed by atoms with Gasteiger partial charge in [0.2, 0.25) is 5.91 Å². The molecule has 1 amide bonds. The van der Waals surface area contributed by atoms with Crippen molar-refractivity contribution in [2.45, 2.75) is 44.2 Å². The number of ether oxygens (including phenoxy) is 1. The van der Waals surface area contributed by atoms with Gasteiger partial charge in [-0.25, -0.2) is 0 Å². The van der Waals surface area contributed by atoms with Crippen molar-refractivity contribution >= 4 is 5.91 Å². The minimum absolute atomic E-state index is 0.319. The lowest BCUT2D eigenvalue weighted by Gasteiger charge is -2.40. The molecule has 3 aliphatic rings. The molecule has 0 bridgehead atoms. The normalized spacial score (nSPS) is 32.4. The van der Waals surface area contributed by atoms with Crippen LogP contribution in [0.5, 0.6) is 0 Å². The summed E-state index contributed by atoms with van der Waals surface area (Å²) in [6, 6.07) is 1.00. The second-order valence-corrected chi connectivity index (χ2v) is 6.35. The molecule has 0 aromatic rings. The van der Waals surface area contributed by atoms with E-state index in [4.69, 9.17) is 4.74 Å². The molecule has 0 saturated carbocycles. The average molecular weight is 278 g/mol. The zero-order valence-electron chi connectivity index (χ0n) is 12.3. The second-order valence-electron chi connectivity index (χ2n) is 6.35. The molecule has 0 spiro atoms. The molecule has 3 aliphatic heterocycles. The number of rotatable bonds is 4. The van der Waals surface area contributed by atoms with Gasteiger partial charge in [0.05, 0.1) is 0 Å². The van der Waals surface area contributed by atoms with Gasteiger partial charge in [0.25, 0.3) is 0 Å². The van der Waals surface area contributed by atoms with Gasteiger partial charge in [0, 0.05) is 51.4 Å². The summed E-state index contributed by atoms with van der Waals surface area (Å²) in [6.45, 7) is 8.70. The quantitative estimate of drug-likeness (QED) is 0.733. The molecule has 2 atom stereocenters. The first-order valence-corrected chi connectivity index (χ1v) is 8.01. The maximum atomic E-state index is 12.1. The minimum atomic E-state index is 0.319. The molecule has 0 unspecified atom stereocenters. The molecule has 112 valence electrons. The summed E-state index contributed by atoms with van der Waals surface area (Å²) in [5.41, 5.74) is 0. The fourth-order valence-electron chi connectivity index (χ4n) is 4.10. The topological polar surface area (TPSA) is 32.8 Å². The van der Waals surface area contributed by atoms with Crippen LogP contribution in [0, 0.1) is 5.92 Å². The van der Waals surface area contributed by atoms with Crippen molar-refractivity contribution in [2.75, 3.05) is 32.8 Å². The molecule has 3 fully saturated rings. The predicted molar refractivity (Wildman–Crippen MR) is 78.5 cm³/mol. The molecule has 4 nitrogen and oxygen atoms in total. The van der Waals surface area contributed by atoms with Crippen molar-refractivity contribution in [3.05, 3.63) is 12.7 Å². The van der Waals surface area contributed by atoms with Crippen molar-refractivity contribution in [3.8, 4) is 0 Å². The van der Waals surface area contributed by atoms with Crippen LogP contribution < -0.4 is 0 Å². The van der Waals surface area contributed by atoms with Crippen LogP contribution in [-0.2, 0) is 9.53 Å². The second kappa shape index (κ2) is 6.27. The van der Waals surface area contributed by atoms with E-state index in [9.17, 15) is 4.79 Å². The number of amides is 1. The highest BCUT2D eigenvalue weighted by molar-refractivity contribution is 5.78. The summed E-state index contributed by atoms with van der Waals surface area (Å²) < 4.78 is 5.45. The van der Waals surface area contributed by atoms with Crippen LogP contribution in [-0.4, -0.2) is 60.6 Å². The van der Waals surface area contributed by atoms with Crippen molar-refractivity contribution in [1.29, 1.82) is 0 Å². The van der Waals surface area contributed by atoms with Gasteiger partial charge in [-0.2, -0.15) is 0 Å². The number of carbonyl (C=O) groups is 1. The van der Waals surface area contributed by atoms with Gasteiger partial charge in [-0.05, 0) is 31.6 Å². The fourth-order valence-corrected chi connectivity index (χ4v) is 4.10. The van der Waals surface area contributed by atoms with Gasteiger partial charge in [0.1, 0.15) is 0 Å². The monoisotopic (exact) mass is 278 g/mol. The third-order valence-electron chi connectivity index (χ3n) is 5.16. The van der Waals surface area contributed by atoms with Crippen LogP contribution in [0.4, 0.5) is 0 Å². The molecular weight excluding hydrogens is 252 g/mol. The van der Waals surface area contributed by atoms with Crippen molar-refractivity contribution in [2.24, 2.45) is 5.92 Å². The summed E-state index contributed by atoms with van der Waals surface area (Å²) in [4.78, 5) is 16.8. The summed E-state index contributed by atoms with van der Waals surface area (Å²) in [5.74, 6) is 1.10. The van der Waals surface area contributed by atoms with Crippen molar-refractivity contribution in [3.63, 3.8) is 0 Å². The van der Waals surface area contributed by atoms with Gasteiger partial charge < -0.3 is 9.64 Å². The maximum absolute atomic E-state index is 12.1. The first-order valence-electron chi connectivity index (χ1n) is 8.01. The zero-order chi connectivity index (χ0) is 13.9. The van der Waals surface area contributed by atoms with E-state index in [1.165, 1.54) is 19.4 Å². The standard InChI is InChI=1S/C16H26N2O2/c1-2-8-18-15-5-9-17(14(15)3-4-16(18)19)12-13-6-10-20-11-7-13/h2,13-15H,1,3-12H2/t14-,15-/m1/s1. The zero-order valence-corrected chi connectivity index (χ0v) is 12.3. The van der Waals surface area contributed by atoms with Crippen LogP contribution in [0.1, 0.15) is 32.1 Å². The Balaban J connectivity index is 1.62. The average Bonchev–Trinajstić information content (AvgIpc) is 2.86. The van der Waals surface area contributed by atoms with Crippen LogP contribution in [0.2, 0.25) is 0 Å². The van der Waals surface area contributed by atoms with Crippen molar-refractivity contribution < 1.29 is 9.53 Å². The van der Waals surface area contributed by atoms with E-state index in [1.54, 1.807) is 0 Å². The third kappa shape index (κ3) is 2.77. The highest BCUT2D eigenvalue weighted by Gasteiger charge is 2.42. The van der Waals surface area contributed by atoms with Gasteiger partial charge in [-0.1, -0.05) is 6.08 Å². The Kier molecular flexibility index (Phi) is 4.41. The van der Waals surface area contributed by atoms with Crippen LogP contribution in [0.25, 0.3) is 0 Å². The van der Waals surface area contributed by atoms with E-state index >= 15 is 0 Å². The number of nitrogens with zero attached hydrogens (tertiary/aromatic N) is 2. The molecule has 0 radical (unpaired) electrons. The van der Waals surface area contributed by atoms with E-state index < -0.39 is 0 Å². The fraction of sp³-hybridized carbons (Fsp3) is 0.812. The van der Waals surface area contributed by atoms with E-state index in [0.717, 1.165) is 38.5 Å². The Morgan fingerprint density at radius 2 is 2.00 bits per heavy atom. The predicted octanol–water partition coefficient (Wildman–Crippen LogP) is 1.66. The lowest BCUT2D eigenvalue weighted by atomic mass is 9.94. The Bertz CT molecular complexity index is 365. The van der Waals surface area contributed by atoms with Crippen LogP contribution in [0.3, 0.4) is 0 Å². The molecule has 0 aromatic carbocycles. The molecule has 0 N–H and O–H groups in total. The van der Waals surface area contributed by atoms with Gasteiger partial charge >= 0.3 is 0 Å². The van der Waals surface area contributed by atoms with Crippen molar-refractivity contribution in [1.82, 2.24) is 9.80 Å². The van der Waals surface area contributed by atoms with E-state index in [-0.39, 0.29) is 0 Å². The largest absolute Gasteiger partial charge is 0.381 e. The Morgan fingerprint density at radius 1 is 1.20 bits per heavy atom. The molecule has 0 aromatic heterocycles. The Morgan fingerprint density at radius 3 is 2.75 bits per heavy atom. The molecule has 0 aliphatic carbocycles. The number of fused-ring (bicyclic) bond motifs is 1. The highest BCUT2D eigenvalue weighted by Crippen LogP contribution is 2.32. The molecule has 3 saturated heterocycles. The number of hydrogen-bond acceptors (Lipinski definition) is 3. The first-order chi connectivity index (χ1) is 9.79. The van der Waals surface area contributed by atoms with Gasteiger partial charge in [-0.3, -0.25) is 9.69 Å². The number of hydrogen-bond donors (Lipinski definition) is 0. The summed E-state index contributed by atoms with van der Waals surface area (Å²) in [6.07, 6.45) is 7.14. The third-order valence-corrected chi connectivity index (χ3v) is 5.16. The summed E-state index contributed by atoms with van der Waals surface area (Å²) in [5, 5.41) is 0. The molecule has 20 heavy (non-hydrogen) atoms. The molecular formula is C16H26N2O2. The lowest BCUT2D eigenvalue weighted by molar-refractivity contribution is -0.137. The maximum Gasteiger partial charge on any atom is 0.223 e. The Labute approximate surface area is 121 Å². The van der Waals surface area contributed by atoms with E-state index in [0.29, 0.717) is 31.0 Å². The highest BCUT2D eigenvalue weighted by atomic mass is 16.5. The summed E-state index contributed by atoms with van der Waals surface area (Å²) in [7, 11) is 0. The van der Waals surface area contributed by atoms with E-state index in [2.05, 4.69) is 16.4 Å².